The summed E-state index contributed by atoms with van der Waals surface area (Å²) in [5.41, 5.74) is -3.79. The van der Waals surface area contributed by atoms with Crippen molar-refractivity contribution >= 4 is 34.8 Å². The van der Waals surface area contributed by atoms with Gasteiger partial charge in [0.2, 0.25) is 0 Å². The average Bonchev–Trinajstić information content (AvgIpc) is 3.00. The molecule has 4 rings (SSSR count). The molecule has 2 heterocycles. The third-order valence-corrected chi connectivity index (χ3v) is 6.08. The first-order valence-corrected chi connectivity index (χ1v) is 10.2. The molecular formula is C21H15F4N5O2S. The Kier molecular flexibility index (Phi) is 5.53. The number of thiocarbonyl (C=S) groups is 1. The molecule has 170 valence electrons. The summed E-state index contributed by atoms with van der Waals surface area (Å²) < 4.78 is 55.5. The van der Waals surface area contributed by atoms with Crippen molar-refractivity contribution in [3.8, 4) is 6.07 Å². The molecule has 2 aliphatic rings. The van der Waals surface area contributed by atoms with Crippen LogP contribution in [0.5, 0.6) is 0 Å². The van der Waals surface area contributed by atoms with E-state index in [1.165, 1.54) is 18.2 Å². The molecule has 33 heavy (non-hydrogen) atoms. The van der Waals surface area contributed by atoms with Gasteiger partial charge in [-0.25, -0.2) is 4.98 Å². The zero-order valence-electron chi connectivity index (χ0n) is 16.8. The van der Waals surface area contributed by atoms with Crippen LogP contribution in [0.2, 0.25) is 0 Å². The molecule has 1 N–H and O–H groups in total. The number of nitrogens with zero attached hydrogens (tertiary/aromatic N) is 4. The van der Waals surface area contributed by atoms with Crippen LogP contribution in [0, 0.1) is 11.3 Å². The number of nitrogens with one attached hydrogen (secondary N) is 1. The first kappa shape index (κ1) is 22.6. The molecule has 1 saturated heterocycles. The highest BCUT2D eigenvalue weighted by atomic mass is 32.1. The van der Waals surface area contributed by atoms with E-state index in [0.29, 0.717) is 12.5 Å². The molecule has 7 nitrogen and oxygen atoms in total. The van der Waals surface area contributed by atoms with Gasteiger partial charge in [0.1, 0.15) is 11.6 Å². The number of rotatable bonds is 4. The monoisotopic (exact) mass is 477 g/mol. The maximum Gasteiger partial charge on any atom is 0.419 e. The maximum atomic E-state index is 15.3. The normalized spacial score (nSPS) is 18.2. The van der Waals surface area contributed by atoms with Crippen molar-refractivity contribution in [2.75, 3.05) is 4.90 Å². The van der Waals surface area contributed by atoms with Crippen LogP contribution >= 0.6 is 12.2 Å². The predicted molar refractivity (Wildman–Crippen MR) is 111 cm³/mol. The van der Waals surface area contributed by atoms with Crippen LogP contribution in [-0.4, -0.2) is 38.8 Å². The van der Waals surface area contributed by atoms with E-state index in [9.17, 15) is 22.8 Å². The fourth-order valence-electron chi connectivity index (χ4n) is 3.92. The summed E-state index contributed by atoms with van der Waals surface area (Å²) >= 11 is 5.28. The van der Waals surface area contributed by atoms with Crippen LogP contribution in [-0.2, 0) is 11.0 Å². The molecule has 2 fully saturated rings. The fourth-order valence-corrected chi connectivity index (χ4v) is 4.38. The maximum absolute atomic E-state index is 15.3. The van der Waals surface area contributed by atoms with Crippen molar-refractivity contribution in [2.24, 2.45) is 0 Å². The number of hydrogen-bond donors (Lipinski definition) is 1. The predicted octanol–water partition coefficient (Wildman–Crippen LogP) is 3.51. The summed E-state index contributed by atoms with van der Waals surface area (Å²) in [5.74, 6) is -1.46. The Hall–Kier alpha value is -3.59. The van der Waals surface area contributed by atoms with Crippen LogP contribution in [0.1, 0.15) is 40.9 Å². The minimum absolute atomic E-state index is 0.183. The number of pyridine rings is 1. The number of amides is 2. The van der Waals surface area contributed by atoms with Crippen LogP contribution in [0.3, 0.4) is 0 Å². The van der Waals surface area contributed by atoms with Gasteiger partial charge in [0.25, 0.3) is 18.2 Å². The molecule has 1 saturated carbocycles. The van der Waals surface area contributed by atoms with E-state index in [1.54, 1.807) is 18.2 Å². The Labute approximate surface area is 190 Å². The summed E-state index contributed by atoms with van der Waals surface area (Å²) in [7, 11) is 0. The lowest BCUT2D eigenvalue weighted by molar-refractivity contribution is -0.138. The SMILES string of the molecule is N#Cc1ncc(N2C(=O)C3(CCC3)N(C(F)NC(=O)c3ccccc3)C2=S)cc1C(F)(F)F. The topological polar surface area (TPSA) is 89.3 Å². The van der Waals surface area contributed by atoms with E-state index in [0.717, 1.165) is 16.0 Å². The van der Waals surface area contributed by atoms with E-state index in [2.05, 4.69) is 10.3 Å². The Morgan fingerprint density at radius 3 is 2.48 bits per heavy atom. The average molecular weight is 477 g/mol. The molecule has 2 amide bonds. The van der Waals surface area contributed by atoms with Crippen LogP contribution in [0.25, 0.3) is 0 Å². The van der Waals surface area contributed by atoms with Crippen molar-refractivity contribution in [2.45, 2.75) is 37.4 Å². The largest absolute Gasteiger partial charge is 0.419 e. The summed E-state index contributed by atoms with van der Waals surface area (Å²) in [4.78, 5) is 30.9. The third kappa shape index (κ3) is 3.68. The van der Waals surface area contributed by atoms with Gasteiger partial charge in [0.15, 0.2) is 10.8 Å². The van der Waals surface area contributed by atoms with Crippen molar-refractivity contribution < 1.29 is 27.2 Å². The Bertz CT molecular complexity index is 1180. The lowest BCUT2D eigenvalue weighted by Crippen LogP contribution is -2.61. The van der Waals surface area contributed by atoms with Crippen molar-refractivity contribution in [1.29, 1.82) is 5.26 Å². The quantitative estimate of drug-likeness (QED) is 0.412. The number of alkyl halides is 4. The van der Waals surface area contributed by atoms with E-state index in [4.69, 9.17) is 17.5 Å². The molecule has 1 aliphatic carbocycles. The Morgan fingerprint density at radius 1 is 1.27 bits per heavy atom. The van der Waals surface area contributed by atoms with Gasteiger partial charge < -0.3 is 5.32 Å². The molecule has 12 heteroatoms. The van der Waals surface area contributed by atoms with Gasteiger partial charge in [0.05, 0.1) is 17.4 Å². The summed E-state index contributed by atoms with van der Waals surface area (Å²) in [5, 5.41) is 10.7. The highest BCUT2D eigenvalue weighted by Gasteiger charge is 2.61. The van der Waals surface area contributed by atoms with E-state index < -0.39 is 46.3 Å². The van der Waals surface area contributed by atoms with Crippen molar-refractivity contribution in [1.82, 2.24) is 15.2 Å². The second kappa shape index (κ2) is 8.08. The molecule has 1 unspecified atom stereocenters. The Balaban J connectivity index is 1.68. The van der Waals surface area contributed by atoms with E-state index in [1.807, 2.05) is 0 Å². The van der Waals surface area contributed by atoms with Crippen LogP contribution in [0.4, 0.5) is 23.2 Å². The van der Waals surface area contributed by atoms with Gasteiger partial charge in [-0.3, -0.25) is 19.4 Å². The molecule has 1 aliphatic heterocycles. The lowest BCUT2D eigenvalue weighted by Gasteiger charge is -2.44. The van der Waals surface area contributed by atoms with Crippen molar-refractivity contribution in [3.63, 3.8) is 0 Å². The number of halogens is 4. The fraction of sp³-hybridized carbons (Fsp3) is 0.286. The molecular weight excluding hydrogens is 462 g/mol. The minimum Gasteiger partial charge on any atom is -0.305 e. The van der Waals surface area contributed by atoms with Gasteiger partial charge in [-0.05, 0) is 49.7 Å². The number of carbonyl (C=O) groups is 2. The Morgan fingerprint density at radius 2 is 1.94 bits per heavy atom. The standard InChI is InChI=1S/C21H15F4N5O2S/c22-18(28-16(31)12-5-2-1-3-6-12)30-19(33)29(17(32)20(30)7-4-8-20)13-9-14(21(23,24)25)15(10-26)27-11-13/h1-3,5-6,9,11,18H,4,7-8H2,(H,28,31). The molecule has 1 spiro atoms. The number of anilines is 1. The van der Waals surface area contributed by atoms with Crippen LogP contribution in [0.15, 0.2) is 42.6 Å². The molecule has 2 aromatic rings. The molecule has 1 aromatic heterocycles. The highest BCUT2D eigenvalue weighted by molar-refractivity contribution is 7.80. The second-order valence-electron chi connectivity index (χ2n) is 7.55. The van der Waals surface area contributed by atoms with E-state index >= 15 is 4.39 Å². The smallest absolute Gasteiger partial charge is 0.305 e. The van der Waals surface area contributed by atoms with Crippen molar-refractivity contribution in [3.05, 3.63) is 59.4 Å². The lowest BCUT2D eigenvalue weighted by atomic mass is 9.75. The number of benzene rings is 1. The van der Waals surface area contributed by atoms with Gasteiger partial charge in [-0.2, -0.15) is 22.8 Å². The molecule has 0 bridgehead atoms. The van der Waals surface area contributed by atoms with Crippen LogP contribution < -0.4 is 10.2 Å². The zero-order chi connectivity index (χ0) is 24.0. The highest BCUT2D eigenvalue weighted by Crippen LogP contribution is 2.47. The van der Waals surface area contributed by atoms with Gasteiger partial charge in [0, 0.05) is 5.56 Å². The number of carbonyl (C=O) groups excluding carboxylic acids is 2. The summed E-state index contributed by atoms with van der Waals surface area (Å²) in [6.45, 7) is 0. The summed E-state index contributed by atoms with van der Waals surface area (Å²) in [6, 6.07) is 9.76. The number of nitriles is 1. The van der Waals surface area contributed by atoms with Gasteiger partial charge >= 0.3 is 6.18 Å². The number of hydrogen-bond acceptors (Lipinski definition) is 5. The molecule has 1 atom stereocenters. The minimum atomic E-state index is -4.90. The number of aromatic nitrogens is 1. The van der Waals surface area contributed by atoms with Gasteiger partial charge in [-0.1, -0.05) is 18.2 Å². The first-order chi connectivity index (χ1) is 15.6. The van der Waals surface area contributed by atoms with Gasteiger partial charge in [-0.15, -0.1) is 0 Å². The first-order valence-electron chi connectivity index (χ1n) is 9.75. The second-order valence-corrected chi connectivity index (χ2v) is 7.92. The van der Waals surface area contributed by atoms with E-state index in [-0.39, 0.29) is 24.1 Å². The third-order valence-electron chi connectivity index (χ3n) is 5.70. The summed E-state index contributed by atoms with van der Waals surface area (Å²) in [6.07, 6.45) is -5.22. The zero-order valence-corrected chi connectivity index (χ0v) is 17.6. The molecule has 1 aromatic carbocycles. The molecule has 0 radical (unpaired) electrons.